The van der Waals surface area contributed by atoms with Crippen molar-refractivity contribution < 1.29 is 0 Å². The van der Waals surface area contributed by atoms with Gasteiger partial charge in [-0.05, 0) is 47.2 Å². The van der Waals surface area contributed by atoms with Gasteiger partial charge in [0.05, 0.1) is 11.6 Å². The Kier molecular flexibility index (Phi) is 3.48. The molecule has 0 bridgehead atoms. The third kappa shape index (κ3) is 2.28. The molecule has 18 heavy (non-hydrogen) atoms. The fraction of sp³-hybridized carbons (Fsp3) is 0.235. The fourth-order valence-corrected chi connectivity index (χ4v) is 2.32. The van der Waals surface area contributed by atoms with Gasteiger partial charge >= 0.3 is 0 Å². The zero-order chi connectivity index (χ0) is 13.1. The maximum Gasteiger partial charge on any atom is 0.0991 e. The van der Waals surface area contributed by atoms with Crippen LogP contribution in [0.15, 0.2) is 42.5 Å². The number of nitrogens with zero attached hydrogens (tertiary/aromatic N) is 1. The average Bonchev–Trinajstić information content (AvgIpc) is 2.39. The minimum absolute atomic E-state index is 0.531. The maximum atomic E-state index is 8.82. The molecule has 0 heterocycles. The van der Waals surface area contributed by atoms with E-state index in [1.807, 2.05) is 24.3 Å². The predicted octanol–water partition coefficient (Wildman–Crippen LogP) is 4.66. The lowest BCUT2D eigenvalue weighted by Crippen LogP contribution is -1.94. The summed E-state index contributed by atoms with van der Waals surface area (Å²) in [5, 5.41) is 8.82. The second-order valence-corrected chi connectivity index (χ2v) is 4.86. The van der Waals surface area contributed by atoms with Crippen molar-refractivity contribution in [3.05, 3.63) is 59.2 Å². The van der Waals surface area contributed by atoms with Gasteiger partial charge in [0, 0.05) is 0 Å². The lowest BCUT2D eigenvalue weighted by atomic mass is 9.91. The number of nitriles is 1. The molecule has 0 aliphatic heterocycles. The molecule has 0 aromatic heterocycles. The smallest absolute Gasteiger partial charge is 0.0991 e. The van der Waals surface area contributed by atoms with Crippen LogP contribution >= 0.6 is 0 Å². The van der Waals surface area contributed by atoms with Crippen LogP contribution in [0.1, 0.15) is 36.5 Å². The number of rotatable bonds is 2. The molecule has 0 N–H and O–H groups in total. The minimum atomic E-state index is 0.531. The molecule has 2 aromatic rings. The van der Waals surface area contributed by atoms with Gasteiger partial charge in [-0.2, -0.15) is 5.26 Å². The summed E-state index contributed by atoms with van der Waals surface area (Å²) in [7, 11) is 0. The van der Waals surface area contributed by atoms with Crippen LogP contribution in [-0.4, -0.2) is 0 Å². The summed E-state index contributed by atoms with van der Waals surface area (Å²) in [5.74, 6) is 0.531. The molecule has 0 spiro atoms. The standard InChI is InChI=1S/C17H17N/c1-12(2)16-5-4-6-17(13(16)3)15-9-7-14(11-18)8-10-15/h4-10,12H,1-3H3. The second-order valence-electron chi connectivity index (χ2n) is 4.86. The van der Waals surface area contributed by atoms with Crippen molar-refractivity contribution in [2.24, 2.45) is 0 Å². The molecule has 0 atom stereocenters. The van der Waals surface area contributed by atoms with Crippen LogP contribution in [0.5, 0.6) is 0 Å². The highest BCUT2D eigenvalue weighted by molar-refractivity contribution is 5.69. The van der Waals surface area contributed by atoms with E-state index in [4.69, 9.17) is 5.26 Å². The van der Waals surface area contributed by atoms with E-state index in [-0.39, 0.29) is 0 Å². The van der Waals surface area contributed by atoms with Gasteiger partial charge < -0.3 is 0 Å². The van der Waals surface area contributed by atoms with E-state index in [2.05, 4.69) is 45.0 Å². The van der Waals surface area contributed by atoms with E-state index in [1.165, 1.54) is 22.3 Å². The van der Waals surface area contributed by atoms with Gasteiger partial charge in [-0.3, -0.25) is 0 Å². The number of benzene rings is 2. The monoisotopic (exact) mass is 235 g/mol. The van der Waals surface area contributed by atoms with Gasteiger partial charge in [0.15, 0.2) is 0 Å². The first-order chi connectivity index (χ1) is 8.63. The Hall–Kier alpha value is -2.07. The lowest BCUT2D eigenvalue weighted by Gasteiger charge is -2.14. The first kappa shape index (κ1) is 12.4. The van der Waals surface area contributed by atoms with Gasteiger partial charge in [0.2, 0.25) is 0 Å². The molecule has 2 rings (SSSR count). The van der Waals surface area contributed by atoms with Gasteiger partial charge in [-0.15, -0.1) is 0 Å². The van der Waals surface area contributed by atoms with E-state index >= 15 is 0 Å². The molecule has 0 aliphatic rings. The Morgan fingerprint density at radius 1 is 1.00 bits per heavy atom. The first-order valence-corrected chi connectivity index (χ1v) is 6.23. The van der Waals surface area contributed by atoms with E-state index in [0.717, 1.165) is 0 Å². The molecule has 0 fully saturated rings. The predicted molar refractivity (Wildman–Crippen MR) is 75.4 cm³/mol. The fourth-order valence-electron chi connectivity index (χ4n) is 2.32. The summed E-state index contributed by atoms with van der Waals surface area (Å²) in [4.78, 5) is 0. The highest BCUT2D eigenvalue weighted by atomic mass is 14.2. The highest BCUT2D eigenvalue weighted by Crippen LogP contribution is 2.29. The molecule has 0 saturated heterocycles. The summed E-state index contributed by atoms with van der Waals surface area (Å²) in [5.41, 5.74) is 5.85. The van der Waals surface area contributed by atoms with Crippen LogP contribution in [0.4, 0.5) is 0 Å². The first-order valence-electron chi connectivity index (χ1n) is 6.23. The zero-order valence-electron chi connectivity index (χ0n) is 11.1. The third-order valence-corrected chi connectivity index (χ3v) is 3.32. The normalized spacial score (nSPS) is 10.4. The van der Waals surface area contributed by atoms with Crippen molar-refractivity contribution in [3.8, 4) is 17.2 Å². The van der Waals surface area contributed by atoms with Gasteiger partial charge in [-0.25, -0.2) is 0 Å². The van der Waals surface area contributed by atoms with Gasteiger partial charge in [-0.1, -0.05) is 44.2 Å². The summed E-state index contributed by atoms with van der Waals surface area (Å²) in [6.07, 6.45) is 0. The largest absolute Gasteiger partial charge is 0.192 e. The highest BCUT2D eigenvalue weighted by Gasteiger charge is 2.08. The molecule has 0 saturated carbocycles. The zero-order valence-corrected chi connectivity index (χ0v) is 11.1. The number of hydrogen-bond donors (Lipinski definition) is 0. The van der Waals surface area contributed by atoms with Crippen molar-refractivity contribution in [1.82, 2.24) is 0 Å². The molecule has 0 radical (unpaired) electrons. The Morgan fingerprint density at radius 2 is 1.67 bits per heavy atom. The summed E-state index contributed by atoms with van der Waals surface area (Å²) in [6, 6.07) is 16.4. The van der Waals surface area contributed by atoms with Crippen LogP contribution < -0.4 is 0 Å². The van der Waals surface area contributed by atoms with E-state index in [0.29, 0.717) is 11.5 Å². The van der Waals surface area contributed by atoms with Crippen LogP contribution in [0, 0.1) is 18.3 Å². The summed E-state index contributed by atoms with van der Waals surface area (Å²) in [6.45, 7) is 6.60. The van der Waals surface area contributed by atoms with Crippen molar-refractivity contribution in [1.29, 1.82) is 5.26 Å². The molecule has 1 nitrogen and oxygen atoms in total. The topological polar surface area (TPSA) is 23.8 Å². The molecule has 0 amide bonds. The van der Waals surface area contributed by atoms with Crippen molar-refractivity contribution in [2.45, 2.75) is 26.7 Å². The average molecular weight is 235 g/mol. The molecule has 2 aromatic carbocycles. The van der Waals surface area contributed by atoms with Crippen LogP contribution in [0.25, 0.3) is 11.1 Å². The van der Waals surface area contributed by atoms with Gasteiger partial charge in [0.1, 0.15) is 0 Å². The van der Waals surface area contributed by atoms with Crippen molar-refractivity contribution >= 4 is 0 Å². The van der Waals surface area contributed by atoms with Crippen LogP contribution in [0.3, 0.4) is 0 Å². The summed E-state index contributed by atoms with van der Waals surface area (Å²) >= 11 is 0. The molecule has 0 aliphatic carbocycles. The summed E-state index contributed by atoms with van der Waals surface area (Å²) < 4.78 is 0. The molecule has 0 unspecified atom stereocenters. The lowest BCUT2D eigenvalue weighted by molar-refractivity contribution is 0.857. The van der Waals surface area contributed by atoms with Crippen LogP contribution in [-0.2, 0) is 0 Å². The van der Waals surface area contributed by atoms with Crippen molar-refractivity contribution in [3.63, 3.8) is 0 Å². The Labute approximate surface area is 109 Å². The van der Waals surface area contributed by atoms with E-state index in [9.17, 15) is 0 Å². The Morgan fingerprint density at radius 3 is 2.22 bits per heavy atom. The molecular weight excluding hydrogens is 218 g/mol. The third-order valence-electron chi connectivity index (χ3n) is 3.32. The van der Waals surface area contributed by atoms with Crippen molar-refractivity contribution in [2.75, 3.05) is 0 Å². The number of hydrogen-bond acceptors (Lipinski definition) is 1. The van der Waals surface area contributed by atoms with E-state index < -0.39 is 0 Å². The molecule has 90 valence electrons. The minimum Gasteiger partial charge on any atom is -0.192 e. The van der Waals surface area contributed by atoms with Crippen LogP contribution in [0.2, 0.25) is 0 Å². The molecular formula is C17H17N. The quantitative estimate of drug-likeness (QED) is 0.742. The second kappa shape index (κ2) is 5.06. The SMILES string of the molecule is Cc1c(-c2ccc(C#N)cc2)cccc1C(C)C. The van der Waals surface area contributed by atoms with E-state index in [1.54, 1.807) is 0 Å². The molecule has 1 heteroatoms. The Balaban J connectivity index is 2.51. The Bertz CT molecular complexity index is 586. The maximum absolute atomic E-state index is 8.82. The van der Waals surface area contributed by atoms with Gasteiger partial charge in [0.25, 0.3) is 0 Å².